The lowest BCUT2D eigenvalue weighted by molar-refractivity contribution is 0.0953. The molecule has 0 bridgehead atoms. The molecule has 8 heteroatoms. The minimum absolute atomic E-state index is 0.202. The molecule has 1 amide bonds. The Hall–Kier alpha value is -3.42. The van der Waals surface area contributed by atoms with Crippen LogP contribution in [0, 0.1) is 0 Å². The van der Waals surface area contributed by atoms with Gasteiger partial charge in [0.15, 0.2) is 23.0 Å². The van der Waals surface area contributed by atoms with E-state index in [2.05, 4.69) is 10.5 Å². The highest BCUT2D eigenvalue weighted by Crippen LogP contribution is 2.39. The van der Waals surface area contributed by atoms with Crippen molar-refractivity contribution in [3.05, 3.63) is 41.5 Å². The fourth-order valence-corrected chi connectivity index (χ4v) is 2.91. The van der Waals surface area contributed by atoms with E-state index in [0.717, 1.165) is 5.56 Å². The van der Waals surface area contributed by atoms with E-state index in [-0.39, 0.29) is 12.7 Å². The van der Waals surface area contributed by atoms with E-state index in [1.165, 1.54) is 0 Å². The van der Waals surface area contributed by atoms with Gasteiger partial charge in [-0.05, 0) is 58.0 Å². The molecule has 2 aromatic carbocycles. The van der Waals surface area contributed by atoms with Gasteiger partial charge in [-0.15, -0.1) is 0 Å². The predicted molar refractivity (Wildman–Crippen MR) is 112 cm³/mol. The molecule has 1 aliphatic rings. The first-order valence-electron chi connectivity index (χ1n) is 9.88. The number of benzene rings is 2. The zero-order valence-corrected chi connectivity index (χ0v) is 17.6. The Bertz CT molecular complexity index is 914. The minimum atomic E-state index is -0.389. The number of fused-ring (bicyclic) bond motifs is 1. The molecule has 1 heterocycles. The van der Waals surface area contributed by atoms with Gasteiger partial charge in [0.1, 0.15) is 0 Å². The fourth-order valence-electron chi connectivity index (χ4n) is 2.91. The summed E-state index contributed by atoms with van der Waals surface area (Å²) in [5, 5.41) is 4.21. The Kier molecular flexibility index (Phi) is 7.00. The number of hydrazone groups is 1. The number of ether oxygens (including phenoxy) is 5. The van der Waals surface area contributed by atoms with E-state index in [1.54, 1.807) is 19.1 Å². The number of nitrogens with zero attached hydrogens (tertiary/aromatic N) is 1. The highest BCUT2D eigenvalue weighted by molar-refractivity contribution is 6.01. The van der Waals surface area contributed by atoms with Gasteiger partial charge in [-0.1, -0.05) is 0 Å². The van der Waals surface area contributed by atoms with Gasteiger partial charge in [-0.3, -0.25) is 4.79 Å². The summed E-state index contributed by atoms with van der Waals surface area (Å²) in [6.45, 7) is 8.91. The van der Waals surface area contributed by atoms with Crippen LogP contribution < -0.4 is 29.1 Å². The zero-order chi connectivity index (χ0) is 21.5. The molecule has 0 saturated heterocycles. The molecule has 0 saturated carbocycles. The molecule has 0 spiro atoms. The van der Waals surface area contributed by atoms with Crippen LogP contribution in [0.15, 0.2) is 35.4 Å². The van der Waals surface area contributed by atoms with Gasteiger partial charge in [0.25, 0.3) is 5.91 Å². The number of hydrogen-bond donors (Lipinski definition) is 1. The lowest BCUT2D eigenvalue weighted by Crippen LogP contribution is -2.20. The van der Waals surface area contributed by atoms with Crippen molar-refractivity contribution in [1.82, 2.24) is 5.43 Å². The fraction of sp³-hybridized carbons (Fsp3) is 0.364. The second-order valence-electron chi connectivity index (χ2n) is 6.31. The molecule has 160 valence electrons. The molecule has 3 rings (SSSR count). The SMILES string of the molecule is CCOc1cc(C(=O)NN=C(C)c2ccc3c(c2)OCO3)cc(OCC)c1OCC. The first kappa shape index (κ1) is 21.3. The molecule has 0 unspecified atom stereocenters. The summed E-state index contributed by atoms with van der Waals surface area (Å²) in [5.74, 6) is 2.34. The second kappa shape index (κ2) is 9.87. The third-order valence-corrected chi connectivity index (χ3v) is 4.29. The number of carbonyl (C=O) groups excluding carboxylic acids is 1. The van der Waals surface area contributed by atoms with Crippen molar-refractivity contribution in [3.63, 3.8) is 0 Å². The molecular formula is C22H26N2O6. The van der Waals surface area contributed by atoms with Crippen molar-refractivity contribution < 1.29 is 28.5 Å². The van der Waals surface area contributed by atoms with Crippen LogP contribution in [0.25, 0.3) is 0 Å². The normalized spacial score (nSPS) is 12.5. The molecule has 1 aliphatic heterocycles. The zero-order valence-electron chi connectivity index (χ0n) is 17.6. The van der Waals surface area contributed by atoms with E-state index in [0.29, 0.717) is 59.8 Å². The molecule has 8 nitrogen and oxygen atoms in total. The Morgan fingerprint density at radius 2 is 1.57 bits per heavy atom. The Labute approximate surface area is 175 Å². The minimum Gasteiger partial charge on any atom is -0.490 e. The molecular weight excluding hydrogens is 388 g/mol. The van der Waals surface area contributed by atoms with Crippen LogP contribution in [-0.4, -0.2) is 38.2 Å². The average Bonchev–Trinajstić information content (AvgIpc) is 3.22. The van der Waals surface area contributed by atoms with Gasteiger partial charge in [0.05, 0.1) is 25.5 Å². The Morgan fingerprint density at radius 1 is 0.933 bits per heavy atom. The number of rotatable bonds is 9. The van der Waals surface area contributed by atoms with Crippen LogP contribution in [-0.2, 0) is 0 Å². The van der Waals surface area contributed by atoms with Crippen LogP contribution in [0.5, 0.6) is 28.7 Å². The lowest BCUT2D eigenvalue weighted by atomic mass is 10.1. The van der Waals surface area contributed by atoms with Gasteiger partial charge in [-0.2, -0.15) is 5.10 Å². The maximum absolute atomic E-state index is 12.7. The summed E-state index contributed by atoms with van der Waals surface area (Å²) < 4.78 is 27.7. The summed E-state index contributed by atoms with van der Waals surface area (Å²) >= 11 is 0. The van der Waals surface area contributed by atoms with E-state index >= 15 is 0 Å². The number of amides is 1. The Morgan fingerprint density at radius 3 is 2.20 bits per heavy atom. The standard InChI is InChI=1S/C22H26N2O6/c1-5-26-19-11-16(12-20(27-6-2)21(19)28-7-3)22(25)24-23-14(4)15-8-9-17-18(10-15)30-13-29-17/h8-12H,5-7,13H2,1-4H3,(H,24,25). The van der Waals surface area contributed by atoms with Crippen molar-refractivity contribution in [2.45, 2.75) is 27.7 Å². The van der Waals surface area contributed by atoms with E-state index in [4.69, 9.17) is 23.7 Å². The van der Waals surface area contributed by atoms with Crippen molar-refractivity contribution >= 4 is 11.6 Å². The van der Waals surface area contributed by atoms with E-state index in [1.807, 2.05) is 39.0 Å². The van der Waals surface area contributed by atoms with Crippen molar-refractivity contribution in [3.8, 4) is 28.7 Å². The Balaban J connectivity index is 1.82. The van der Waals surface area contributed by atoms with Crippen molar-refractivity contribution in [2.75, 3.05) is 26.6 Å². The van der Waals surface area contributed by atoms with E-state index < -0.39 is 0 Å². The van der Waals surface area contributed by atoms with Crippen molar-refractivity contribution in [2.24, 2.45) is 5.10 Å². The van der Waals surface area contributed by atoms with Gasteiger partial charge in [0.2, 0.25) is 12.5 Å². The summed E-state index contributed by atoms with van der Waals surface area (Å²) in [4.78, 5) is 12.7. The van der Waals surface area contributed by atoms with Crippen LogP contribution in [0.4, 0.5) is 0 Å². The largest absolute Gasteiger partial charge is 0.490 e. The van der Waals surface area contributed by atoms with Gasteiger partial charge in [0, 0.05) is 11.1 Å². The summed E-state index contributed by atoms with van der Waals surface area (Å²) in [6, 6.07) is 8.74. The van der Waals surface area contributed by atoms with Crippen LogP contribution in [0.3, 0.4) is 0 Å². The molecule has 0 aromatic heterocycles. The van der Waals surface area contributed by atoms with Gasteiger partial charge >= 0.3 is 0 Å². The number of carbonyl (C=O) groups is 1. The van der Waals surface area contributed by atoms with Gasteiger partial charge < -0.3 is 23.7 Å². The van der Waals surface area contributed by atoms with Gasteiger partial charge in [-0.25, -0.2) is 5.43 Å². The van der Waals surface area contributed by atoms with E-state index in [9.17, 15) is 4.79 Å². The summed E-state index contributed by atoms with van der Waals surface area (Å²) in [6.07, 6.45) is 0. The van der Waals surface area contributed by atoms with Crippen molar-refractivity contribution in [1.29, 1.82) is 0 Å². The number of nitrogens with one attached hydrogen (secondary N) is 1. The molecule has 2 aromatic rings. The third-order valence-electron chi connectivity index (χ3n) is 4.29. The maximum atomic E-state index is 12.7. The highest BCUT2D eigenvalue weighted by atomic mass is 16.7. The smallest absolute Gasteiger partial charge is 0.271 e. The van der Waals surface area contributed by atoms with Crippen LogP contribution in [0.1, 0.15) is 43.6 Å². The van der Waals surface area contributed by atoms with Crippen LogP contribution in [0.2, 0.25) is 0 Å². The lowest BCUT2D eigenvalue weighted by Gasteiger charge is -2.16. The molecule has 1 N–H and O–H groups in total. The molecule has 0 atom stereocenters. The quantitative estimate of drug-likeness (QED) is 0.497. The predicted octanol–water partition coefficient (Wildman–Crippen LogP) is 3.77. The first-order valence-corrected chi connectivity index (χ1v) is 9.88. The summed E-state index contributed by atoms with van der Waals surface area (Å²) in [5.41, 5.74) is 4.38. The highest BCUT2D eigenvalue weighted by Gasteiger charge is 2.19. The molecule has 0 fully saturated rings. The molecule has 30 heavy (non-hydrogen) atoms. The van der Waals surface area contributed by atoms with Crippen LogP contribution >= 0.6 is 0 Å². The summed E-state index contributed by atoms with van der Waals surface area (Å²) in [7, 11) is 0. The molecule has 0 radical (unpaired) electrons. The first-order chi connectivity index (χ1) is 14.6. The second-order valence-corrected chi connectivity index (χ2v) is 6.31. The average molecular weight is 414 g/mol. The number of hydrogen-bond acceptors (Lipinski definition) is 7. The third kappa shape index (κ3) is 4.76. The monoisotopic (exact) mass is 414 g/mol. The molecule has 0 aliphatic carbocycles. The maximum Gasteiger partial charge on any atom is 0.271 e. The topological polar surface area (TPSA) is 87.6 Å².